The van der Waals surface area contributed by atoms with Gasteiger partial charge in [0, 0.05) is 30.9 Å². The summed E-state index contributed by atoms with van der Waals surface area (Å²) in [7, 11) is 1.84. The number of thiophene rings is 1. The number of amides is 1. The van der Waals surface area contributed by atoms with Crippen LogP contribution in [-0.4, -0.2) is 41.8 Å². The Morgan fingerprint density at radius 2 is 2.20 bits per heavy atom. The molecule has 4 heterocycles. The molecule has 0 spiro atoms. The van der Waals surface area contributed by atoms with Gasteiger partial charge in [0.05, 0.1) is 29.4 Å². The van der Waals surface area contributed by atoms with Crippen molar-refractivity contribution in [1.29, 1.82) is 0 Å². The fourth-order valence-corrected chi connectivity index (χ4v) is 3.91. The molecule has 0 radical (unpaired) electrons. The van der Waals surface area contributed by atoms with Crippen LogP contribution in [0.4, 0.5) is 0 Å². The van der Waals surface area contributed by atoms with Gasteiger partial charge in [0.25, 0.3) is 5.91 Å². The first kappa shape index (κ1) is 16.0. The largest absolute Gasteiger partial charge is 0.379 e. The lowest BCUT2D eigenvalue weighted by molar-refractivity contribution is 0.0710. The maximum Gasteiger partial charge on any atom is 0.264 e. The summed E-state index contributed by atoms with van der Waals surface area (Å²) in [5, 5.41) is 15.0. The molecule has 0 aromatic carbocycles. The highest BCUT2D eigenvalue weighted by atomic mass is 32.1. The van der Waals surface area contributed by atoms with Gasteiger partial charge in [-0.15, -0.1) is 11.3 Å². The summed E-state index contributed by atoms with van der Waals surface area (Å²) in [6, 6.07) is 5.70. The van der Waals surface area contributed by atoms with Crippen molar-refractivity contribution in [3.05, 3.63) is 57.6 Å². The van der Waals surface area contributed by atoms with Crippen LogP contribution in [0.2, 0.25) is 0 Å². The number of aliphatic hydroxyl groups excluding tert-OH is 1. The van der Waals surface area contributed by atoms with Gasteiger partial charge in [-0.25, -0.2) is 4.98 Å². The van der Waals surface area contributed by atoms with Crippen molar-refractivity contribution in [2.24, 2.45) is 7.05 Å². The monoisotopic (exact) mass is 357 g/mol. The smallest absolute Gasteiger partial charge is 0.264 e. The molecule has 0 bridgehead atoms. The van der Waals surface area contributed by atoms with E-state index in [0.717, 1.165) is 15.4 Å². The van der Waals surface area contributed by atoms with E-state index in [1.165, 1.54) is 11.3 Å². The van der Waals surface area contributed by atoms with E-state index in [9.17, 15) is 9.90 Å². The van der Waals surface area contributed by atoms with Gasteiger partial charge in [-0.1, -0.05) is 0 Å². The predicted octanol–water partition coefficient (Wildman–Crippen LogP) is 1.72. The molecule has 0 fully saturated rings. The third kappa shape index (κ3) is 2.87. The number of fused-ring (bicyclic) bond motifs is 1. The molecule has 1 atom stereocenters. The average molecular weight is 357 g/mol. The molecule has 0 saturated carbocycles. The second kappa shape index (κ2) is 6.12. The van der Waals surface area contributed by atoms with E-state index >= 15 is 0 Å². The first-order chi connectivity index (χ1) is 12.0. The van der Waals surface area contributed by atoms with Gasteiger partial charge in [0.15, 0.2) is 6.10 Å². The van der Waals surface area contributed by atoms with Crippen LogP contribution in [-0.2, 0) is 20.1 Å². The van der Waals surface area contributed by atoms with E-state index < -0.39 is 6.10 Å². The van der Waals surface area contributed by atoms with Gasteiger partial charge in [0.2, 0.25) is 0 Å². The van der Waals surface area contributed by atoms with Crippen molar-refractivity contribution < 1.29 is 9.90 Å². The normalized spacial score (nSPS) is 15.2. The van der Waals surface area contributed by atoms with E-state index in [0.29, 0.717) is 31.2 Å². The van der Waals surface area contributed by atoms with Crippen LogP contribution in [0.5, 0.6) is 0 Å². The maximum absolute atomic E-state index is 12.6. The molecule has 1 aliphatic heterocycles. The number of hydrogen-bond acceptors (Lipinski definition) is 5. The van der Waals surface area contributed by atoms with E-state index in [1.807, 2.05) is 41.8 Å². The minimum Gasteiger partial charge on any atom is -0.379 e. The molecule has 3 aromatic heterocycles. The summed E-state index contributed by atoms with van der Waals surface area (Å²) in [5.74, 6) is 0.606. The number of aryl methyl sites for hydroxylation is 2. The molecule has 0 aliphatic carbocycles. The average Bonchev–Trinajstić information content (AvgIpc) is 3.32. The number of carbonyl (C=O) groups excluding carboxylic acids is 1. The summed E-state index contributed by atoms with van der Waals surface area (Å²) in [6.45, 7) is 3.73. The highest BCUT2D eigenvalue weighted by Crippen LogP contribution is 2.24. The highest BCUT2D eigenvalue weighted by molar-refractivity contribution is 7.13. The minimum absolute atomic E-state index is 0.0525. The molecule has 3 aromatic rings. The van der Waals surface area contributed by atoms with Crippen molar-refractivity contribution in [1.82, 2.24) is 24.2 Å². The second-order valence-corrected chi connectivity index (χ2v) is 7.51. The zero-order chi connectivity index (χ0) is 17.6. The zero-order valence-electron chi connectivity index (χ0n) is 14.1. The lowest BCUT2D eigenvalue weighted by Gasteiger charge is -2.27. The van der Waals surface area contributed by atoms with Crippen molar-refractivity contribution in [3.63, 3.8) is 0 Å². The second-order valence-electron chi connectivity index (χ2n) is 6.22. The van der Waals surface area contributed by atoms with Crippen LogP contribution in [0.3, 0.4) is 0 Å². The quantitative estimate of drug-likeness (QED) is 0.774. The molecule has 1 aliphatic rings. The third-order valence-electron chi connectivity index (χ3n) is 4.44. The maximum atomic E-state index is 12.6. The number of hydrogen-bond donors (Lipinski definition) is 1. The van der Waals surface area contributed by atoms with E-state index in [-0.39, 0.29) is 5.91 Å². The molecule has 8 heteroatoms. The zero-order valence-corrected chi connectivity index (χ0v) is 14.9. The van der Waals surface area contributed by atoms with Crippen LogP contribution >= 0.6 is 11.3 Å². The van der Waals surface area contributed by atoms with Crippen molar-refractivity contribution in [2.45, 2.75) is 26.1 Å². The fraction of sp³-hybridized carbons (Fsp3) is 0.353. The van der Waals surface area contributed by atoms with Crippen LogP contribution < -0.4 is 0 Å². The SMILES string of the molecule is Cc1ccc(C(=O)N2CCn3nc([C@H](O)c4nccn4C)cc3C2)s1. The number of nitrogens with zero attached hydrogens (tertiary/aromatic N) is 5. The highest BCUT2D eigenvalue weighted by Gasteiger charge is 2.26. The molecule has 130 valence electrons. The number of rotatable bonds is 3. The van der Waals surface area contributed by atoms with E-state index in [1.54, 1.807) is 17.0 Å². The van der Waals surface area contributed by atoms with Gasteiger partial charge in [-0.3, -0.25) is 9.48 Å². The molecule has 4 rings (SSSR count). The van der Waals surface area contributed by atoms with Gasteiger partial charge in [-0.2, -0.15) is 5.10 Å². The van der Waals surface area contributed by atoms with Crippen molar-refractivity contribution >= 4 is 17.2 Å². The van der Waals surface area contributed by atoms with Gasteiger partial charge < -0.3 is 14.6 Å². The first-order valence-corrected chi connectivity index (χ1v) is 8.92. The topological polar surface area (TPSA) is 76.2 Å². The number of aromatic nitrogens is 4. The lowest BCUT2D eigenvalue weighted by atomic mass is 10.2. The lowest BCUT2D eigenvalue weighted by Crippen LogP contribution is -2.38. The van der Waals surface area contributed by atoms with Crippen molar-refractivity contribution in [3.8, 4) is 0 Å². The van der Waals surface area contributed by atoms with Crippen molar-refractivity contribution in [2.75, 3.05) is 6.54 Å². The Balaban J connectivity index is 1.55. The minimum atomic E-state index is -0.873. The summed E-state index contributed by atoms with van der Waals surface area (Å²) in [4.78, 5) is 20.5. The van der Waals surface area contributed by atoms with Gasteiger partial charge >= 0.3 is 0 Å². The van der Waals surface area contributed by atoms with Crippen LogP contribution in [0.15, 0.2) is 30.6 Å². The first-order valence-electron chi connectivity index (χ1n) is 8.10. The summed E-state index contributed by atoms with van der Waals surface area (Å²) < 4.78 is 3.64. The summed E-state index contributed by atoms with van der Waals surface area (Å²) in [5.41, 5.74) is 1.49. The molecule has 1 N–H and O–H groups in total. The van der Waals surface area contributed by atoms with Crippen LogP contribution in [0, 0.1) is 6.92 Å². The van der Waals surface area contributed by atoms with Gasteiger partial charge in [-0.05, 0) is 25.1 Å². The number of aliphatic hydroxyl groups is 1. The Morgan fingerprint density at radius 1 is 1.36 bits per heavy atom. The molecule has 7 nitrogen and oxygen atoms in total. The van der Waals surface area contributed by atoms with Crippen LogP contribution in [0.1, 0.15) is 37.9 Å². The summed E-state index contributed by atoms with van der Waals surface area (Å²) in [6.07, 6.45) is 2.57. The summed E-state index contributed by atoms with van der Waals surface area (Å²) >= 11 is 1.52. The van der Waals surface area contributed by atoms with Crippen LogP contribution in [0.25, 0.3) is 0 Å². The fourth-order valence-electron chi connectivity index (χ4n) is 3.07. The van der Waals surface area contributed by atoms with E-state index in [2.05, 4.69) is 10.1 Å². The molecule has 0 unspecified atom stereocenters. The number of imidazole rings is 1. The predicted molar refractivity (Wildman–Crippen MR) is 93.3 cm³/mol. The standard InChI is InChI=1S/C17H19N5O2S/c1-11-3-4-14(25-11)17(24)21-7-8-22-12(10-21)9-13(19-22)15(23)16-18-5-6-20(16)2/h3-6,9,15,23H,7-8,10H2,1-2H3/t15-/m0/s1. The Labute approximate surface area is 149 Å². The molecular weight excluding hydrogens is 338 g/mol. The Kier molecular flexibility index (Phi) is 3.93. The third-order valence-corrected chi connectivity index (χ3v) is 5.43. The molecule has 0 saturated heterocycles. The van der Waals surface area contributed by atoms with Gasteiger partial charge in [0.1, 0.15) is 5.82 Å². The van der Waals surface area contributed by atoms with E-state index in [4.69, 9.17) is 0 Å². The molecular formula is C17H19N5O2S. The Bertz CT molecular complexity index is 925. The number of carbonyl (C=O) groups is 1. The molecule has 25 heavy (non-hydrogen) atoms. The molecule has 1 amide bonds. The Hall–Kier alpha value is -2.45. The Morgan fingerprint density at radius 3 is 2.88 bits per heavy atom.